The maximum atomic E-state index is 12.3. The predicted molar refractivity (Wildman–Crippen MR) is 105 cm³/mol. The molecule has 1 amide bonds. The van der Waals surface area contributed by atoms with Crippen molar-refractivity contribution in [2.75, 3.05) is 44.8 Å². The molecule has 0 spiro atoms. The summed E-state index contributed by atoms with van der Waals surface area (Å²) in [5.41, 5.74) is 2.10. The number of anilines is 1. The number of carbonyl (C=O) groups is 1. The highest BCUT2D eigenvalue weighted by Crippen LogP contribution is 2.29. The van der Waals surface area contributed by atoms with E-state index in [1.165, 1.54) is 4.90 Å². The molecule has 0 radical (unpaired) electrons. The molecular formula is C16H17BrN6O6. The number of ether oxygens (including phenoxy) is 2. The summed E-state index contributed by atoms with van der Waals surface area (Å²) < 4.78 is 10.9. The number of guanidine groups is 1. The van der Waals surface area contributed by atoms with Crippen LogP contribution in [0.1, 0.15) is 0 Å². The van der Waals surface area contributed by atoms with Crippen molar-refractivity contribution >= 4 is 44.7 Å². The summed E-state index contributed by atoms with van der Waals surface area (Å²) in [6, 6.07) is 3.62. The van der Waals surface area contributed by atoms with Gasteiger partial charge in [0.05, 0.1) is 42.0 Å². The number of fused-ring (bicyclic) bond motifs is 1. The van der Waals surface area contributed by atoms with Crippen LogP contribution in [0.5, 0.6) is 0 Å². The van der Waals surface area contributed by atoms with Crippen LogP contribution in [0.25, 0.3) is 11.0 Å². The van der Waals surface area contributed by atoms with Crippen LogP contribution in [0.4, 0.5) is 10.5 Å². The van der Waals surface area contributed by atoms with Crippen molar-refractivity contribution in [3.8, 4) is 0 Å². The number of hydrogen-bond donors (Lipinski definition) is 1. The highest BCUT2D eigenvalue weighted by molar-refractivity contribution is 9.10. The maximum Gasteiger partial charge on any atom is 0.416 e. The molecule has 29 heavy (non-hydrogen) atoms. The summed E-state index contributed by atoms with van der Waals surface area (Å²) in [7, 11) is 0. The fourth-order valence-corrected chi connectivity index (χ4v) is 3.03. The Morgan fingerprint density at radius 2 is 2.03 bits per heavy atom. The van der Waals surface area contributed by atoms with Gasteiger partial charge in [-0.1, -0.05) is 0 Å². The molecule has 1 aliphatic rings. The van der Waals surface area contributed by atoms with E-state index in [2.05, 4.69) is 41.0 Å². The standard InChI is InChI=1S/C16H17BrN6O6/c17-13-11(1-2-12-14(13)19-4-3-18-12)21-15-20-5-6-22(15)16(24)28-9-7-27-8-10-29-23(25)26/h1-4H,5-10H2,(H,20,21). The van der Waals surface area contributed by atoms with Gasteiger partial charge in [0.2, 0.25) is 5.96 Å². The van der Waals surface area contributed by atoms with Crippen LogP contribution in [0.3, 0.4) is 0 Å². The Bertz CT molecular complexity index is 926. The van der Waals surface area contributed by atoms with Crippen molar-refractivity contribution in [2.24, 2.45) is 4.99 Å². The quantitative estimate of drug-likeness (QED) is 0.348. The van der Waals surface area contributed by atoms with Gasteiger partial charge in [-0.2, -0.15) is 0 Å². The van der Waals surface area contributed by atoms with E-state index < -0.39 is 11.2 Å². The summed E-state index contributed by atoms with van der Waals surface area (Å²) >= 11 is 3.50. The van der Waals surface area contributed by atoms with Crippen molar-refractivity contribution in [1.82, 2.24) is 14.9 Å². The van der Waals surface area contributed by atoms with Gasteiger partial charge in [-0.25, -0.2) is 9.69 Å². The summed E-state index contributed by atoms with van der Waals surface area (Å²) in [5.74, 6) is 0.360. The SMILES string of the molecule is O=C(OCCOCCO[N+](=O)[O-])N1CCN=C1Nc1ccc2nccnc2c1Br. The molecular weight excluding hydrogens is 452 g/mol. The third kappa shape index (κ3) is 5.48. The number of nitrogens with one attached hydrogen (secondary N) is 1. The summed E-state index contributed by atoms with van der Waals surface area (Å²) in [6.07, 6.45) is 2.63. The molecule has 1 aromatic heterocycles. The van der Waals surface area contributed by atoms with E-state index in [0.717, 1.165) is 5.52 Å². The number of hydrogen-bond acceptors (Lipinski definition) is 10. The number of halogens is 1. The molecule has 2 heterocycles. The van der Waals surface area contributed by atoms with Crippen molar-refractivity contribution < 1.29 is 24.2 Å². The Hall–Kier alpha value is -3.06. The van der Waals surface area contributed by atoms with Crippen LogP contribution >= 0.6 is 15.9 Å². The van der Waals surface area contributed by atoms with Crippen LogP contribution in [-0.4, -0.2) is 71.5 Å². The molecule has 1 N–H and O–H groups in total. The van der Waals surface area contributed by atoms with Crippen molar-refractivity contribution in [2.45, 2.75) is 0 Å². The minimum atomic E-state index is -0.898. The molecule has 0 aliphatic carbocycles. The molecule has 0 fully saturated rings. The Morgan fingerprint density at radius 3 is 2.86 bits per heavy atom. The normalized spacial score (nSPS) is 13.3. The maximum absolute atomic E-state index is 12.3. The van der Waals surface area contributed by atoms with E-state index in [0.29, 0.717) is 34.7 Å². The van der Waals surface area contributed by atoms with Crippen LogP contribution in [0.15, 0.2) is 34.0 Å². The van der Waals surface area contributed by atoms with Gasteiger partial charge < -0.3 is 19.6 Å². The molecule has 2 aromatic rings. The lowest BCUT2D eigenvalue weighted by Gasteiger charge is -2.19. The lowest BCUT2D eigenvalue weighted by molar-refractivity contribution is -0.758. The van der Waals surface area contributed by atoms with Gasteiger partial charge in [-0.3, -0.25) is 15.0 Å². The zero-order valence-corrected chi connectivity index (χ0v) is 16.7. The third-order valence-corrected chi connectivity index (χ3v) is 4.57. The number of rotatable bonds is 8. The smallest absolute Gasteiger partial charge is 0.416 e. The lowest BCUT2D eigenvalue weighted by atomic mass is 10.2. The van der Waals surface area contributed by atoms with Gasteiger partial charge in [0.15, 0.2) is 0 Å². The zero-order valence-electron chi connectivity index (χ0n) is 15.1. The first-order valence-corrected chi connectivity index (χ1v) is 9.35. The fourth-order valence-electron chi connectivity index (χ4n) is 2.49. The number of aliphatic imine (C=N–C) groups is 1. The Labute approximate surface area is 173 Å². The van der Waals surface area contributed by atoms with Gasteiger partial charge in [-0.05, 0) is 28.1 Å². The molecule has 3 rings (SSSR count). The molecule has 0 atom stereocenters. The molecule has 0 unspecified atom stereocenters. The monoisotopic (exact) mass is 468 g/mol. The van der Waals surface area contributed by atoms with E-state index in [9.17, 15) is 14.9 Å². The number of amides is 1. The Morgan fingerprint density at radius 1 is 1.24 bits per heavy atom. The van der Waals surface area contributed by atoms with Gasteiger partial charge in [0, 0.05) is 12.4 Å². The first-order chi connectivity index (χ1) is 14.1. The second kappa shape index (κ2) is 9.93. The topological polar surface area (TPSA) is 141 Å². The molecule has 154 valence electrons. The van der Waals surface area contributed by atoms with Gasteiger partial charge >= 0.3 is 6.09 Å². The first-order valence-electron chi connectivity index (χ1n) is 8.56. The number of benzene rings is 1. The second-order valence-electron chi connectivity index (χ2n) is 5.62. The van der Waals surface area contributed by atoms with E-state index >= 15 is 0 Å². The molecule has 0 saturated carbocycles. The van der Waals surface area contributed by atoms with Crippen molar-refractivity contribution in [3.05, 3.63) is 39.1 Å². The number of carbonyl (C=O) groups excluding carboxylic acids is 1. The lowest BCUT2D eigenvalue weighted by Crippen LogP contribution is -2.39. The Kier molecular flexibility index (Phi) is 7.08. The zero-order chi connectivity index (χ0) is 20.6. The Balaban J connectivity index is 1.50. The fraction of sp³-hybridized carbons (Fsp3) is 0.375. The molecule has 12 nitrogen and oxygen atoms in total. The minimum Gasteiger partial charge on any atom is -0.447 e. The van der Waals surface area contributed by atoms with Crippen LogP contribution in [-0.2, 0) is 14.3 Å². The molecule has 0 saturated heterocycles. The van der Waals surface area contributed by atoms with E-state index in [4.69, 9.17) is 9.47 Å². The number of nitrogens with zero attached hydrogens (tertiary/aromatic N) is 5. The highest BCUT2D eigenvalue weighted by atomic mass is 79.9. The van der Waals surface area contributed by atoms with Gasteiger partial charge in [0.1, 0.15) is 18.7 Å². The van der Waals surface area contributed by atoms with Crippen molar-refractivity contribution in [3.63, 3.8) is 0 Å². The molecule has 1 aromatic carbocycles. The average Bonchev–Trinajstić information content (AvgIpc) is 3.17. The largest absolute Gasteiger partial charge is 0.447 e. The third-order valence-electron chi connectivity index (χ3n) is 3.76. The average molecular weight is 469 g/mol. The summed E-state index contributed by atoms with van der Waals surface area (Å²) in [4.78, 5) is 40.6. The van der Waals surface area contributed by atoms with Crippen molar-refractivity contribution in [1.29, 1.82) is 0 Å². The first kappa shape index (κ1) is 20.7. The highest BCUT2D eigenvalue weighted by Gasteiger charge is 2.26. The molecule has 1 aliphatic heterocycles. The van der Waals surface area contributed by atoms with Crippen LogP contribution in [0.2, 0.25) is 0 Å². The van der Waals surface area contributed by atoms with Crippen LogP contribution < -0.4 is 5.32 Å². The summed E-state index contributed by atoms with van der Waals surface area (Å²) in [6.45, 7) is 0.751. The van der Waals surface area contributed by atoms with Gasteiger partial charge in [-0.15, -0.1) is 10.1 Å². The van der Waals surface area contributed by atoms with E-state index in [1.807, 2.05) is 12.1 Å². The van der Waals surface area contributed by atoms with Gasteiger partial charge in [0.25, 0.3) is 5.09 Å². The van der Waals surface area contributed by atoms with Crippen LogP contribution in [0, 0.1) is 10.1 Å². The number of aromatic nitrogens is 2. The molecule has 13 heteroatoms. The summed E-state index contributed by atoms with van der Waals surface area (Å²) in [5, 5.41) is 12.2. The van der Waals surface area contributed by atoms with E-state index in [-0.39, 0.29) is 26.4 Å². The predicted octanol–water partition coefficient (Wildman–Crippen LogP) is 1.84. The minimum absolute atomic E-state index is 0.00363. The van der Waals surface area contributed by atoms with E-state index in [1.54, 1.807) is 12.4 Å². The molecule has 0 bridgehead atoms. The second-order valence-corrected chi connectivity index (χ2v) is 6.41.